The molecule has 1 saturated carbocycles. The molecule has 0 atom stereocenters. The monoisotopic (exact) mass is 369 g/mol. The van der Waals surface area contributed by atoms with Crippen molar-refractivity contribution in [2.24, 2.45) is 10.9 Å². The Bertz CT molecular complexity index is 381. The normalized spacial score (nSPS) is 16.3. The van der Waals surface area contributed by atoms with E-state index < -0.39 is 0 Å². The van der Waals surface area contributed by atoms with Gasteiger partial charge in [-0.15, -0.1) is 0 Å². The lowest BCUT2D eigenvalue weighted by molar-refractivity contribution is -0.172. The van der Waals surface area contributed by atoms with Gasteiger partial charge in [-0.3, -0.25) is 0 Å². The van der Waals surface area contributed by atoms with Crippen molar-refractivity contribution in [3.8, 4) is 0 Å². The van der Waals surface area contributed by atoms with Crippen LogP contribution in [-0.4, -0.2) is 30.6 Å². The Morgan fingerprint density at radius 3 is 1.96 bits per heavy atom. The van der Waals surface area contributed by atoms with E-state index in [1.165, 1.54) is 51.4 Å². The van der Waals surface area contributed by atoms with Crippen molar-refractivity contribution in [1.82, 2.24) is 0 Å². The topological polar surface area (TPSA) is 47.9 Å². The van der Waals surface area contributed by atoms with Crippen LogP contribution in [0, 0.1) is 5.92 Å². The highest BCUT2D eigenvalue weighted by atomic mass is 16.6. The van der Waals surface area contributed by atoms with Gasteiger partial charge >= 0.3 is 5.97 Å². The van der Waals surface area contributed by atoms with Crippen LogP contribution < -0.4 is 0 Å². The highest BCUT2D eigenvalue weighted by Gasteiger charge is 2.39. The van der Waals surface area contributed by atoms with E-state index in [9.17, 15) is 4.79 Å². The molecule has 1 aliphatic carbocycles. The summed E-state index contributed by atoms with van der Waals surface area (Å²) >= 11 is 0. The van der Waals surface area contributed by atoms with Crippen LogP contribution in [0.25, 0.3) is 0 Å². The molecule has 4 nitrogen and oxygen atoms in total. The Morgan fingerprint density at radius 1 is 1.04 bits per heavy atom. The van der Waals surface area contributed by atoms with Crippen molar-refractivity contribution in [2.45, 2.75) is 111 Å². The molecule has 154 valence electrons. The van der Waals surface area contributed by atoms with Crippen LogP contribution in [0.3, 0.4) is 0 Å². The molecule has 0 saturated heterocycles. The minimum absolute atomic E-state index is 0.00725. The average Bonchev–Trinajstić information content (AvgIpc) is 3.52. The van der Waals surface area contributed by atoms with Crippen molar-refractivity contribution < 1.29 is 14.3 Å². The van der Waals surface area contributed by atoms with Crippen LogP contribution in [0.2, 0.25) is 0 Å². The van der Waals surface area contributed by atoms with Crippen molar-refractivity contribution in [3.05, 3.63) is 0 Å². The van der Waals surface area contributed by atoms with Gasteiger partial charge in [-0.25, -0.2) is 9.79 Å². The van der Waals surface area contributed by atoms with E-state index in [1.807, 2.05) is 13.8 Å². The maximum Gasteiger partial charge on any atom is 0.344 e. The molecule has 0 amide bonds. The molecule has 26 heavy (non-hydrogen) atoms. The molecule has 0 aromatic carbocycles. The molecule has 1 aliphatic heterocycles. The summed E-state index contributed by atoms with van der Waals surface area (Å²) in [5.74, 6) is 0.940. The van der Waals surface area contributed by atoms with E-state index >= 15 is 0 Å². The molecule has 0 radical (unpaired) electrons. The predicted octanol–water partition coefficient (Wildman–Crippen LogP) is 6.32. The van der Waals surface area contributed by atoms with Gasteiger partial charge in [-0.1, -0.05) is 80.1 Å². The number of ether oxygens (including phenoxy) is 2. The summed E-state index contributed by atoms with van der Waals surface area (Å²) in [6.07, 6.45) is 12.1. The van der Waals surface area contributed by atoms with E-state index in [2.05, 4.69) is 32.7 Å². The van der Waals surface area contributed by atoms with Crippen LogP contribution in [0.4, 0.5) is 0 Å². The van der Waals surface area contributed by atoms with Gasteiger partial charge in [0.05, 0.1) is 0 Å². The number of nitrogens with zero attached hydrogens (tertiary/aromatic N) is 1. The maximum atomic E-state index is 11.9. The largest absolute Gasteiger partial charge is 0.468 e. The van der Waals surface area contributed by atoms with Gasteiger partial charge in [0.15, 0.2) is 6.61 Å². The maximum absolute atomic E-state index is 11.9. The summed E-state index contributed by atoms with van der Waals surface area (Å²) in [6.45, 7) is 13.3. The van der Waals surface area contributed by atoms with Gasteiger partial charge in [0.25, 0.3) is 0 Å². The van der Waals surface area contributed by atoms with E-state index in [1.54, 1.807) is 0 Å². The summed E-state index contributed by atoms with van der Waals surface area (Å²) in [4.78, 5) is 15.8. The molecule has 0 spiro atoms. The number of rotatable bonds is 8. The van der Waals surface area contributed by atoms with Gasteiger partial charge in [0.2, 0.25) is 5.90 Å². The average molecular weight is 370 g/mol. The fourth-order valence-corrected chi connectivity index (χ4v) is 3.56. The Hall–Kier alpha value is -1.06. The lowest BCUT2D eigenvalue weighted by Gasteiger charge is -2.41. The number of unbranched alkanes of at least 4 members (excludes halogenated alkanes) is 2. The first-order valence-corrected chi connectivity index (χ1v) is 11.0. The number of esters is 1. The molecule has 0 aromatic rings. The molecule has 4 heteroatoms. The molecule has 2 rings (SSSR count). The van der Waals surface area contributed by atoms with Crippen LogP contribution in [-0.2, 0) is 14.3 Å². The van der Waals surface area contributed by atoms with E-state index in [4.69, 9.17) is 9.47 Å². The summed E-state index contributed by atoms with van der Waals surface area (Å²) in [5.41, 5.74) is -0.285. The van der Waals surface area contributed by atoms with Crippen LogP contribution in [0.5, 0.6) is 0 Å². The molecule has 2 aliphatic rings. The Kier molecular flexibility index (Phi) is 14.4. The Labute approximate surface area is 162 Å². The minimum atomic E-state index is -0.285. The summed E-state index contributed by atoms with van der Waals surface area (Å²) in [6, 6.07) is 0. The van der Waals surface area contributed by atoms with Gasteiger partial charge in [0, 0.05) is 0 Å². The fraction of sp³-hybridized carbons (Fsp3) is 0.909. The van der Waals surface area contributed by atoms with E-state index in [0.717, 1.165) is 12.8 Å². The first kappa shape index (κ1) is 24.9. The quantitative estimate of drug-likeness (QED) is 0.470. The zero-order chi connectivity index (χ0) is 19.8. The third-order valence-corrected chi connectivity index (χ3v) is 5.21. The molecule has 0 N–H and O–H groups in total. The van der Waals surface area contributed by atoms with E-state index in [0.29, 0.717) is 18.4 Å². The molecule has 0 bridgehead atoms. The second kappa shape index (κ2) is 15.0. The standard InChI is InChI=1S/C15H25NO3.C5H12.C2H6/c1-3-15(4-2,12-8-6-5-7-9-12)19-14(17)11-18-13-10-16-13;1-3-5-4-2;1-2/h12H,3-11H2,1-2H3;3-5H2,1-2H3;1-2H3. The molecule has 1 fully saturated rings. The van der Waals surface area contributed by atoms with Gasteiger partial charge in [0.1, 0.15) is 12.1 Å². The fourth-order valence-electron chi connectivity index (χ4n) is 3.56. The van der Waals surface area contributed by atoms with Crippen LogP contribution >= 0.6 is 0 Å². The predicted molar refractivity (Wildman–Crippen MR) is 111 cm³/mol. The first-order valence-electron chi connectivity index (χ1n) is 11.0. The molecular formula is C22H43NO3. The number of carbonyl (C=O) groups excluding carboxylic acids is 1. The summed E-state index contributed by atoms with van der Waals surface area (Å²) in [5, 5.41) is 0. The van der Waals surface area contributed by atoms with Crippen molar-refractivity contribution in [3.63, 3.8) is 0 Å². The highest BCUT2D eigenvalue weighted by Crippen LogP contribution is 2.39. The summed E-state index contributed by atoms with van der Waals surface area (Å²) < 4.78 is 11.0. The smallest absolute Gasteiger partial charge is 0.344 e. The van der Waals surface area contributed by atoms with Crippen LogP contribution in [0.1, 0.15) is 106 Å². The number of hydrogen-bond donors (Lipinski definition) is 0. The Balaban J connectivity index is 0.000000772. The second-order valence-corrected chi connectivity index (χ2v) is 6.93. The lowest BCUT2D eigenvalue weighted by Crippen LogP contribution is -2.43. The molecular weight excluding hydrogens is 326 g/mol. The minimum Gasteiger partial charge on any atom is -0.468 e. The second-order valence-electron chi connectivity index (χ2n) is 6.93. The zero-order valence-corrected chi connectivity index (χ0v) is 18.2. The van der Waals surface area contributed by atoms with Crippen LogP contribution in [0.15, 0.2) is 4.99 Å². The van der Waals surface area contributed by atoms with Crippen molar-refractivity contribution in [2.75, 3.05) is 13.2 Å². The van der Waals surface area contributed by atoms with Gasteiger partial charge in [-0.05, 0) is 31.6 Å². The van der Waals surface area contributed by atoms with Gasteiger partial charge in [-0.2, -0.15) is 0 Å². The van der Waals surface area contributed by atoms with Gasteiger partial charge < -0.3 is 9.47 Å². The molecule has 0 unspecified atom stereocenters. The van der Waals surface area contributed by atoms with E-state index in [-0.39, 0.29) is 18.2 Å². The van der Waals surface area contributed by atoms with Crippen molar-refractivity contribution in [1.29, 1.82) is 0 Å². The third kappa shape index (κ3) is 9.59. The number of carbonyl (C=O) groups is 1. The lowest BCUT2D eigenvalue weighted by atomic mass is 9.74. The van der Waals surface area contributed by atoms with Crippen molar-refractivity contribution >= 4 is 11.9 Å². The summed E-state index contributed by atoms with van der Waals surface area (Å²) in [7, 11) is 0. The third-order valence-electron chi connectivity index (χ3n) is 5.21. The highest BCUT2D eigenvalue weighted by molar-refractivity contribution is 5.90. The number of aliphatic imine (C=N–C) groups is 1. The SMILES string of the molecule is CC.CCC(CC)(OC(=O)COC1=NC1)C1CCCCC1.CCCCC. The Morgan fingerprint density at radius 2 is 1.58 bits per heavy atom. The first-order chi connectivity index (χ1) is 12.6. The zero-order valence-electron chi connectivity index (χ0n) is 18.2. The number of hydrogen-bond acceptors (Lipinski definition) is 4. The molecule has 0 aromatic heterocycles. The molecule has 1 heterocycles.